The van der Waals surface area contributed by atoms with E-state index in [9.17, 15) is 9.90 Å². The summed E-state index contributed by atoms with van der Waals surface area (Å²) in [5, 5.41) is 9.32. The average molecular weight is 156 g/mol. The number of hydrogen-bond acceptors (Lipinski definition) is 3. The van der Waals surface area contributed by atoms with Gasteiger partial charge in [0.25, 0.3) is 0 Å². The van der Waals surface area contributed by atoms with Crippen molar-refractivity contribution in [1.29, 1.82) is 0 Å². The highest BCUT2D eigenvalue weighted by atomic mass is 16.5. The van der Waals surface area contributed by atoms with E-state index >= 15 is 0 Å². The lowest BCUT2D eigenvalue weighted by Crippen LogP contribution is -2.30. The van der Waals surface area contributed by atoms with Crippen molar-refractivity contribution in [2.45, 2.75) is 18.9 Å². The van der Waals surface area contributed by atoms with Crippen molar-refractivity contribution in [2.75, 3.05) is 7.11 Å². The van der Waals surface area contributed by atoms with Crippen LogP contribution in [-0.2, 0) is 9.53 Å². The molecule has 0 amide bonds. The first-order chi connectivity index (χ1) is 5.25. The second kappa shape index (κ2) is 3.53. The molecule has 2 atom stereocenters. The zero-order chi connectivity index (χ0) is 8.27. The first-order valence-electron chi connectivity index (χ1n) is 3.66. The number of methoxy groups -OCH3 is 1. The van der Waals surface area contributed by atoms with Gasteiger partial charge < -0.3 is 9.84 Å². The first kappa shape index (κ1) is 8.27. The number of aliphatic hydroxyl groups excluding tert-OH is 1. The summed E-state index contributed by atoms with van der Waals surface area (Å²) in [5.74, 6) is -0.674. The molecule has 1 N–H and O–H groups in total. The van der Waals surface area contributed by atoms with Crippen molar-refractivity contribution < 1.29 is 14.6 Å². The molecule has 3 heteroatoms. The van der Waals surface area contributed by atoms with Crippen LogP contribution < -0.4 is 0 Å². The summed E-state index contributed by atoms with van der Waals surface area (Å²) in [6, 6.07) is 0. The van der Waals surface area contributed by atoms with Crippen molar-refractivity contribution in [3.63, 3.8) is 0 Å². The minimum atomic E-state index is -0.563. The maximum atomic E-state index is 11.0. The van der Waals surface area contributed by atoms with Gasteiger partial charge in [0.05, 0.1) is 19.1 Å². The molecule has 0 fully saturated rings. The second-order valence-electron chi connectivity index (χ2n) is 2.64. The monoisotopic (exact) mass is 156 g/mol. The van der Waals surface area contributed by atoms with Gasteiger partial charge in [0, 0.05) is 0 Å². The van der Waals surface area contributed by atoms with Gasteiger partial charge in [-0.05, 0) is 12.8 Å². The molecule has 0 bridgehead atoms. The van der Waals surface area contributed by atoms with E-state index < -0.39 is 6.10 Å². The number of hydrogen-bond donors (Lipinski definition) is 1. The number of carbonyl (C=O) groups excluding carboxylic acids is 1. The van der Waals surface area contributed by atoms with Crippen molar-refractivity contribution in [3.05, 3.63) is 12.2 Å². The highest BCUT2D eigenvalue weighted by Crippen LogP contribution is 2.19. The second-order valence-corrected chi connectivity index (χ2v) is 2.64. The normalized spacial score (nSPS) is 30.0. The van der Waals surface area contributed by atoms with E-state index in [1.165, 1.54) is 7.11 Å². The maximum Gasteiger partial charge on any atom is 0.311 e. The van der Waals surface area contributed by atoms with E-state index in [1.54, 1.807) is 0 Å². The molecule has 0 aliphatic heterocycles. The van der Waals surface area contributed by atoms with Crippen molar-refractivity contribution in [3.8, 4) is 0 Å². The molecule has 3 nitrogen and oxygen atoms in total. The largest absolute Gasteiger partial charge is 0.469 e. The Labute approximate surface area is 65.7 Å². The molecule has 0 heterocycles. The Kier molecular flexibility index (Phi) is 2.65. The standard InChI is InChI=1S/C8H12O3/c1-11-8(10)6-4-2-3-5-7(6)9/h2-3,6-7,9H,4-5H2,1H3/t6-,7-/m0/s1. The zero-order valence-corrected chi connectivity index (χ0v) is 6.49. The molecule has 0 radical (unpaired) electrons. The molecule has 0 saturated carbocycles. The third kappa shape index (κ3) is 1.80. The number of rotatable bonds is 1. The summed E-state index contributed by atoms with van der Waals surface area (Å²) in [5.41, 5.74) is 0. The molecule has 11 heavy (non-hydrogen) atoms. The van der Waals surface area contributed by atoms with Crippen LogP contribution in [0.1, 0.15) is 12.8 Å². The molecule has 62 valence electrons. The van der Waals surface area contributed by atoms with E-state index in [-0.39, 0.29) is 11.9 Å². The van der Waals surface area contributed by atoms with Gasteiger partial charge in [-0.25, -0.2) is 0 Å². The molecule has 1 rings (SSSR count). The molecular weight excluding hydrogens is 144 g/mol. The minimum absolute atomic E-state index is 0.318. The molecule has 0 aromatic carbocycles. The van der Waals surface area contributed by atoms with E-state index in [0.717, 1.165) is 0 Å². The number of carbonyl (C=O) groups is 1. The summed E-state index contributed by atoms with van der Waals surface area (Å²) >= 11 is 0. The summed E-state index contributed by atoms with van der Waals surface area (Å²) in [4.78, 5) is 11.0. The maximum absolute atomic E-state index is 11.0. The summed E-state index contributed by atoms with van der Waals surface area (Å²) < 4.78 is 4.53. The van der Waals surface area contributed by atoms with Gasteiger partial charge in [-0.15, -0.1) is 0 Å². The van der Waals surface area contributed by atoms with Crippen molar-refractivity contribution in [2.24, 2.45) is 5.92 Å². The van der Waals surface area contributed by atoms with Crippen LogP contribution >= 0.6 is 0 Å². The smallest absolute Gasteiger partial charge is 0.311 e. The van der Waals surface area contributed by atoms with Crippen LogP contribution in [0.3, 0.4) is 0 Å². The van der Waals surface area contributed by atoms with Crippen LogP contribution in [0.5, 0.6) is 0 Å². The fourth-order valence-electron chi connectivity index (χ4n) is 1.20. The molecular formula is C8H12O3. The Bertz CT molecular complexity index is 174. The highest BCUT2D eigenvalue weighted by molar-refractivity contribution is 5.73. The molecule has 0 unspecified atom stereocenters. The third-order valence-electron chi connectivity index (χ3n) is 1.90. The Morgan fingerprint density at radius 1 is 1.55 bits per heavy atom. The molecule has 0 saturated heterocycles. The lowest BCUT2D eigenvalue weighted by atomic mass is 9.92. The van der Waals surface area contributed by atoms with E-state index in [2.05, 4.69) is 4.74 Å². The number of allylic oxidation sites excluding steroid dienone is 1. The third-order valence-corrected chi connectivity index (χ3v) is 1.90. The number of esters is 1. The molecule has 0 aromatic rings. The Morgan fingerprint density at radius 2 is 2.18 bits per heavy atom. The van der Waals surface area contributed by atoms with Crippen LogP contribution in [0, 0.1) is 5.92 Å². The van der Waals surface area contributed by atoms with Crippen molar-refractivity contribution in [1.82, 2.24) is 0 Å². The van der Waals surface area contributed by atoms with Crippen LogP contribution in [0.2, 0.25) is 0 Å². The quantitative estimate of drug-likeness (QED) is 0.444. The first-order valence-corrected chi connectivity index (χ1v) is 3.66. The van der Waals surface area contributed by atoms with Gasteiger partial charge in [-0.1, -0.05) is 12.2 Å². The van der Waals surface area contributed by atoms with Crippen molar-refractivity contribution >= 4 is 5.97 Å². The summed E-state index contributed by atoms with van der Waals surface area (Å²) in [6.07, 6.45) is 4.36. The number of aliphatic hydroxyl groups is 1. The highest BCUT2D eigenvalue weighted by Gasteiger charge is 2.27. The summed E-state index contributed by atoms with van der Waals surface area (Å²) in [7, 11) is 1.34. The lowest BCUT2D eigenvalue weighted by Gasteiger charge is -2.21. The average Bonchev–Trinajstić information content (AvgIpc) is 2.04. The van der Waals surface area contributed by atoms with E-state index in [1.807, 2.05) is 12.2 Å². The van der Waals surface area contributed by atoms with Gasteiger partial charge in [-0.3, -0.25) is 4.79 Å². The SMILES string of the molecule is COC(=O)[C@H]1CC=CC[C@@H]1O. The predicted molar refractivity (Wildman–Crippen MR) is 39.9 cm³/mol. The molecule has 1 aliphatic rings. The van der Waals surface area contributed by atoms with Gasteiger partial charge in [0.2, 0.25) is 0 Å². The topological polar surface area (TPSA) is 46.5 Å². The van der Waals surface area contributed by atoms with Gasteiger partial charge in [-0.2, -0.15) is 0 Å². The van der Waals surface area contributed by atoms with Crippen LogP contribution in [0.15, 0.2) is 12.2 Å². The van der Waals surface area contributed by atoms with Gasteiger partial charge in [0.15, 0.2) is 0 Å². The Balaban J connectivity index is 2.56. The predicted octanol–water partition coefficient (Wildman–Crippen LogP) is 0.486. The Morgan fingerprint density at radius 3 is 2.73 bits per heavy atom. The summed E-state index contributed by atoms with van der Waals surface area (Å²) in [6.45, 7) is 0. The molecule has 0 aromatic heterocycles. The Hall–Kier alpha value is -0.830. The van der Waals surface area contributed by atoms with Gasteiger partial charge in [0.1, 0.15) is 0 Å². The van der Waals surface area contributed by atoms with E-state index in [4.69, 9.17) is 0 Å². The minimum Gasteiger partial charge on any atom is -0.469 e. The lowest BCUT2D eigenvalue weighted by molar-refractivity contribution is -0.149. The van der Waals surface area contributed by atoms with Crippen LogP contribution in [0.4, 0.5) is 0 Å². The molecule has 1 aliphatic carbocycles. The molecule has 0 spiro atoms. The van der Waals surface area contributed by atoms with Gasteiger partial charge >= 0.3 is 5.97 Å². The zero-order valence-electron chi connectivity index (χ0n) is 6.49. The van der Waals surface area contributed by atoms with Crippen LogP contribution in [-0.4, -0.2) is 24.3 Å². The van der Waals surface area contributed by atoms with Crippen LogP contribution in [0.25, 0.3) is 0 Å². The fourth-order valence-corrected chi connectivity index (χ4v) is 1.20. The number of ether oxygens (including phenoxy) is 1. The van der Waals surface area contributed by atoms with E-state index in [0.29, 0.717) is 12.8 Å². The fraction of sp³-hybridized carbons (Fsp3) is 0.625.